The van der Waals surface area contributed by atoms with Gasteiger partial charge in [-0.3, -0.25) is 9.36 Å². The molecule has 4 rings (SSSR count). The standard InChI is InChI=1S/C17H13N3O4/c1-10-18-12-8-11(6-7-14(12)23-10)19-16(21)9-20-13-4-2-3-5-15(13)24-17(20)22/h2-8H,9H2,1H3,(H,19,21). The third kappa shape index (κ3) is 2.45. The molecule has 0 bridgehead atoms. The smallest absolute Gasteiger partial charge is 0.420 e. The summed E-state index contributed by atoms with van der Waals surface area (Å²) >= 11 is 0. The largest absolute Gasteiger partial charge is 0.441 e. The molecule has 1 amide bonds. The second kappa shape index (κ2) is 5.38. The third-order valence-electron chi connectivity index (χ3n) is 3.65. The minimum Gasteiger partial charge on any atom is -0.441 e. The Labute approximate surface area is 135 Å². The fourth-order valence-electron chi connectivity index (χ4n) is 2.63. The summed E-state index contributed by atoms with van der Waals surface area (Å²) in [6, 6.07) is 12.2. The fraction of sp³-hybridized carbons (Fsp3) is 0.118. The molecule has 0 aliphatic heterocycles. The molecular formula is C17H13N3O4. The highest BCUT2D eigenvalue weighted by molar-refractivity contribution is 5.93. The summed E-state index contributed by atoms with van der Waals surface area (Å²) in [6.07, 6.45) is 0. The lowest BCUT2D eigenvalue weighted by molar-refractivity contribution is -0.116. The first-order valence-electron chi connectivity index (χ1n) is 7.35. The minimum absolute atomic E-state index is 0.133. The van der Waals surface area contributed by atoms with E-state index in [9.17, 15) is 9.59 Å². The van der Waals surface area contributed by atoms with E-state index in [1.165, 1.54) is 4.57 Å². The van der Waals surface area contributed by atoms with Gasteiger partial charge in [0.25, 0.3) is 0 Å². The van der Waals surface area contributed by atoms with Gasteiger partial charge in [0.1, 0.15) is 12.1 Å². The Balaban J connectivity index is 1.59. The number of para-hydroxylation sites is 2. The highest BCUT2D eigenvalue weighted by atomic mass is 16.4. The summed E-state index contributed by atoms with van der Waals surface area (Å²) in [7, 11) is 0. The molecule has 0 atom stereocenters. The number of hydrogen-bond donors (Lipinski definition) is 1. The summed E-state index contributed by atoms with van der Waals surface area (Å²) in [5.74, 6) is -0.331. The van der Waals surface area contributed by atoms with Crippen molar-refractivity contribution in [2.75, 3.05) is 5.32 Å². The van der Waals surface area contributed by atoms with Crippen LogP contribution >= 0.6 is 0 Å². The van der Waals surface area contributed by atoms with E-state index in [1.54, 1.807) is 49.4 Å². The van der Waals surface area contributed by atoms with Gasteiger partial charge in [0.05, 0.1) is 5.52 Å². The second-order valence-corrected chi connectivity index (χ2v) is 5.39. The Kier molecular flexibility index (Phi) is 3.19. The number of amides is 1. The number of aromatic nitrogens is 2. The van der Waals surface area contributed by atoms with Crippen LogP contribution in [0, 0.1) is 6.92 Å². The maximum Gasteiger partial charge on any atom is 0.420 e. The maximum atomic E-state index is 12.3. The number of rotatable bonds is 3. The van der Waals surface area contributed by atoms with Crippen molar-refractivity contribution in [1.82, 2.24) is 9.55 Å². The summed E-state index contributed by atoms with van der Waals surface area (Å²) < 4.78 is 11.8. The van der Waals surface area contributed by atoms with Crippen LogP contribution in [0.5, 0.6) is 0 Å². The van der Waals surface area contributed by atoms with Gasteiger partial charge in [-0.2, -0.15) is 0 Å². The number of carbonyl (C=O) groups is 1. The van der Waals surface area contributed by atoms with Gasteiger partial charge in [0.2, 0.25) is 5.91 Å². The molecule has 7 heteroatoms. The molecular weight excluding hydrogens is 310 g/mol. The van der Waals surface area contributed by atoms with Gasteiger partial charge in [-0.05, 0) is 30.3 Å². The van der Waals surface area contributed by atoms with Crippen LogP contribution in [0.4, 0.5) is 5.69 Å². The monoisotopic (exact) mass is 323 g/mol. The van der Waals surface area contributed by atoms with Crippen LogP contribution in [0.3, 0.4) is 0 Å². The highest BCUT2D eigenvalue weighted by Gasteiger charge is 2.13. The molecule has 4 aromatic rings. The van der Waals surface area contributed by atoms with Gasteiger partial charge in [0.15, 0.2) is 17.1 Å². The Bertz CT molecular complexity index is 1120. The lowest BCUT2D eigenvalue weighted by Crippen LogP contribution is -2.24. The Morgan fingerprint density at radius 3 is 2.88 bits per heavy atom. The Hall–Kier alpha value is -3.35. The van der Waals surface area contributed by atoms with Crippen LogP contribution in [0.25, 0.3) is 22.2 Å². The molecule has 2 aromatic carbocycles. The summed E-state index contributed by atoms with van der Waals surface area (Å²) in [6.45, 7) is 1.63. The second-order valence-electron chi connectivity index (χ2n) is 5.39. The number of anilines is 1. The quantitative estimate of drug-likeness (QED) is 0.626. The summed E-state index contributed by atoms with van der Waals surface area (Å²) in [5, 5.41) is 2.75. The molecule has 24 heavy (non-hydrogen) atoms. The maximum absolute atomic E-state index is 12.3. The van der Waals surface area contributed by atoms with Crippen molar-refractivity contribution in [1.29, 1.82) is 0 Å². The van der Waals surface area contributed by atoms with Gasteiger partial charge >= 0.3 is 5.76 Å². The molecule has 0 radical (unpaired) electrons. The van der Waals surface area contributed by atoms with Gasteiger partial charge in [-0.15, -0.1) is 0 Å². The molecule has 0 aliphatic carbocycles. The van der Waals surface area contributed by atoms with Gasteiger partial charge in [0, 0.05) is 12.6 Å². The van der Waals surface area contributed by atoms with Crippen molar-refractivity contribution in [3.8, 4) is 0 Å². The molecule has 0 fully saturated rings. The van der Waals surface area contributed by atoms with E-state index in [0.29, 0.717) is 33.8 Å². The Morgan fingerprint density at radius 2 is 2.00 bits per heavy atom. The van der Waals surface area contributed by atoms with E-state index in [-0.39, 0.29) is 12.5 Å². The number of aryl methyl sites for hydroxylation is 1. The number of fused-ring (bicyclic) bond motifs is 2. The lowest BCUT2D eigenvalue weighted by atomic mass is 10.3. The topological polar surface area (TPSA) is 90.3 Å². The molecule has 2 heterocycles. The average Bonchev–Trinajstić information content (AvgIpc) is 3.06. The zero-order valence-corrected chi connectivity index (χ0v) is 12.8. The fourth-order valence-corrected chi connectivity index (χ4v) is 2.63. The molecule has 7 nitrogen and oxygen atoms in total. The van der Waals surface area contributed by atoms with Gasteiger partial charge < -0.3 is 14.2 Å². The van der Waals surface area contributed by atoms with E-state index in [2.05, 4.69) is 10.3 Å². The van der Waals surface area contributed by atoms with E-state index in [4.69, 9.17) is 8.83 Å². The number of oxazole rings is 2. The van der Waals surface area contributed by atoms with Crippen molar-refractivity contribution >= 4 is 33.8 Å². The first kappa shape index (κ1) is 14.3. The molecule has 2 aromatic heterocycles. The molecule has 0 unspecified atom stereocenters. The van der Waals surface area contributed by atoms with Gasteiger partial charge in [-0.1, -0.05) is 12.1 Å². The number of hydrogen-bond acceptors (Lipinski definition) is 5. The SMILES string of the molecule is Cc1nc2cc(NC(=O)Cn3c(=O)oc4ccccc43)ccc2o1. The van der Waals surface area contributed by atoms with Crippen molar-refractivity contribution in [2.45, 2.75) is 13.5 Å². The van der Waals surface area contributed by atoms with E-state index < -0.39 is 5.76 Å². The number of carbonyl (C=O) groups excluding carboxylic acids is 1. The lowest BCUT2D eigenvalue weighted by Gasteiger charge is -2.05. The predicted molar refractivity (Wildman–Crippen MR) is 87.8 cm³/mol. The van der Waals surface area contributed by atoms with E-state index >= 15 is 0 Å². The van der Waals surface area contributed by atoms with E-state index in [1.807, 2.05) is 0 Å². The highest BCUT2D eigenvalue weighted by Crippen LogP contribution is 2.20. The molecule has 0 saturated heterocycles. The first-order chi connectivity index (χ1) is 11.6. The van der Waals surface area contributed by atoms with Crippen LogP contribution in [-0.4, -0.2) is 15.5 Å². The van der Waals surface area contributed by atoms with Crippen molar-refractivity contribution in [2.24, 2.45) is 0 Å². The molecule has 1 N–H and O–H groups in total. The number of benzene rings is 2. The summed E-state index contributed by atoms with van der Waals surface area (Å²) in [4.78, 5) is 28.4. The van der Waals surface area contributed by atoms with Gasteiger partial charge in [-0.25, -0.2) is 9.78 Å². The zero-order valence-electron chi connectivity index (χ0n) is 12.8. The summed E-state index contributed by atoms with van der Waals surface area (Å²) in [5.41, 5.74) is 2.94. The first-order valence-corrected chi connectivity index (χ1v) is 7.35. The normalized spacial score (nSPS) is 11.2. The van der Waals surface area contributed by atoms with Crippen LogP contribution in [-0.2, 0) is 11.3 Å². The van der Waals surface area contributed by atoms with Crippen LogP contribution in [0.2, 0.25) is 0 Å². The zero-order chi connectivity index (χ0) is 16.7. The average molecular weight is 323 g/mol. The third-order valence-corrected chi connectivity index (χ3v) is 3.65. The van der Waals surface area contributed by atoms with Crippen LogP contribution in [0.1, 0.15) is 5.89 Å². The van der Waals surface area contributed by atoms with E-state index in [0.717, 1.165) is 0 Å². The van der Waals surface area contributed by atoms with Crippen LogP contribution < -0.4 is 11.1 Å². The van der Waals surface area contributed by atoms with Crippen molar-refractivity contribution in [3.05, 3.63) is 58.9 Å². The number of nitrogens with one attached hydrogen (secondary N) is 1. The Morgan fingerprint density at radius 1 is 1.17 bits per heavy atom. The predicted octanol–water partition coefficient (Wildman–Crippen LogP) is 2.68. The van der Waals surface area contributed by atoms with Crippen molar-refractivity contribution < 1.29 is 13.6 Å². The molecule has 0 saturated carbocycles. The number of nitrogens with zero attached hydrogens (tertiary/aromatic N) is 2. The minimum atomic E-state index is -0.561. The molecule has 0 spiro atoms. The van der Waals surface area contributed by atoms with Crippen molar-refractivity contribution in [3.63, 3.8) is 0 Å². The molecule has 0 aliphatic rings. The van der Waals surface area contributed by atoms with Crippen LogP contribution in [0.15, 0.2) is 56.1 Å². The molecule has 120 valence electrons.